The van der Waals surface area contributed by atoms with Crippen LogP contribution < -0.4 is 0 Å². The van der Waals surface area contributed by atoms with Gasteiger partial charge in [-0.1, -0.05) is 30.3 Å². The van der Waals surface area contributed by atoms with Crippen LogP contribution in [-0.2, 0) is 14.6 Å². The lowest BCUT2D eigenvalue weighted by atomic mass is 10.0. The second kappa shape index (κ2) is 7.46. The number of rotatable bonds is 6. The number of hydrogen-bond donors (Lipinski definition) is 1. The molecule has 0 atom stereocenters. The summed E-state index contributed by atoms with van der Waals surface area (Å²) in [5, 5.41) is 10.4. The Morgan fingerprint density at radius 1 is 1.04 bits per heavy atom. The number of carbonyl (C=O) groups is 2. The molecule has 0 fully saturated rings. The van der Waals surface area contributed by atoms with Crippen molar-refractivity contribution in [2.45, 2.75) is 4.90 Å². The van der Waals surface area contributed by atoms with Crippen LogP contribution in [0.5, 0.6) is 5.75 Å². The lowest BCUT2D eigenvalue weighted by Gasteiger charge is -2.10. The van der Waals surface area contributed by atoms with E-state index >= 15 is 0 Å². The molecule has 0 radical (unpaired) electrons. The minimum atomic E-state index is -3.83. The Labute approximate surface area is 154 Å². The first-order valence-electron chi connectivity index (χ1n) is 7.74. The molecular formula is C19H14O7S. The largest absolute Gasteiger partial charge is 0.506 e. The van der Waals surface area contributed by atoms with Crippen molar-refractivity contribution in [3.63, 3.8) is 0 Å². The Bertz CT molecular complexity index is 1080. The molecule has 8 heteroatoms. The number of aromatic hydroxyl groups is 1. The molecule has 138 valence electrons. The SMILES string of the molecule is O=Cc1occc1-c1cccc(C(=O)OCS(=O)(=O)c2ccccc2)c1O. The van der Waals surface area contributed by atoms with E-state index in [2.05, 4.69) is 0 Å². The van der Waals surface area contributed by atoms with Gasteiger partial charge in [-0.25, -0.2) is 13.2 Å². The lowest BCUT2D eigenvalue weighted by Crippen LogP contribution is -2.15. The summed E-state index contributed by atoms with van der Waals surface area (Å²) in [5.41, 5.74) is 0.258. The van der Waals surface area contributed by atoms with Crippen LogP contribution in [0.15, 0.2) is 70.2 Å². The van der Waals surface area contributed by atoms with Gasteiger partial charge in [-0.3, -0.25) is 4.79 Å². The summed E-state index contributed by atoms with van der Waals surface area (Å²) in [6.45, 7) is 0. The number of esters is 1. The van der Waals surface area contributed by atoms with Crippen LogP contribution >= 0.6 is 0 Å². The monoisotopic (exact) mass is 386 g/mol. The fourth-order valence-electron chi connectivity index (χ4n) is 2.47. The van der Waals surface area contributed by atoms with E-state index in [1.54, 1.807) is 18.2 Å². The van der Waals surface area contributed by atoms with Gasteiger partial charge in [-0.05, 0) is 24.3 Å². The zero-order valence-electron chi connectivity index (χ0n) is 13.9. The number of carbonyl (C=O) groups excluding carboxylic acids is 2. The molecule has 0 bridgehead atoms. The highest BCUT2D eigenvalue weighted by atomic mass is 32.2. The molecule has 1 aromatic heterocycles. The van der Waals surface area contributed by atoms with E-state index in [0.717, 1.165) is 0 Å². The molecule has 3 aromatic rings. The van der Waals surface area contributed by atoms with Gasteiger partial charge >= 0.3 is 5.97 Å². The average Bonchev–Trinajstić information content (AvgIpc) is 3.15. The smallest absolute Gasteiger partial charge is 0.342 e. The molecule has 0 saturated heterocycles. The lowest BCUT2D eigenvalue weighted by molar-refractivity contribution is 0.0568. The first kappa shape index (κ1) is 18.4. The molecule has 7 nitrogen and oxygen atoms in total. The first-order chi connectivity index (χ1) is 12.9. The molecule has 0 spiro atoms. The summed E-state index contributed by atoms with van der Waals surface area (Å²) in [6.07, 6.45) is 1.75. The number of para-hydroxylation sites is 1. The fraction of sp³-hybridized carbons (Fsp3) is 0.0526. The topological polar surface area (TPSA) is 111 Å². The Morgan fingerprint density at radius 2 is 1.78 bits per heavy atom. The van der Waals surface area contributed by atoms with Gasteiger partial charge in [0.25, 0.3) is 0 Å². The molecule has 0 aliphatic heterocycles. The Hall–Kier alpha value is -3.39. The van der Waals surface area contributed by atoms with Crippen LogP contribution in [0.2, 0.25) is 0 Å². The number of sulfone groups is 1. The van der Waals surface area contributed by atoms with Gasteiger partial charge in [0.15, 0.2) is 18.0 Å². The van der Waals surface area contributed by atoms with Crippen LogP contribution in [-0.4, -0.2) is 31.7 Å². The highest BCUT2D eigenvalue weighted by Gasteiger charge is 2.22. The molecular weight excluding hydrogens is 372 g/mol. The first-order valence-corrected chi connectivity index (χ1v) is 9.39. The third-order valence-corrected chi connectivity index (χ3v) is 5.21. The van der Waals surface area contributed by atoms with Crippen LogP contribution in [0.25, 0.3) is 11.1 Å². The highest BCUT2D eigenvalue weighted by Crippen LogP contribution is 2.34. The molecule has 1 heterocycles. The molecule has 3 rings (SSSR count). The quantitative estimate of drug-likeness (QED) is 0.512. The molecule has 0 amide bonds. The van der Waals surface area contributed by atoms with Crippen molar-refractivity contribution in [1.82, 2.24) is 0 Å². The number of furan rings is 1. The van der Waals surface area contributed by atoms with E-state index < -0.39 is 27.5 Å². The third-order valence-electron chi connectivity index (χ3n) is 3.80. The zero-order chi connectivity index (χ0) is 19.4. The van der Waals surface area contributed by atoms with Crippen LogP contribution in [0.4, 0.5) is 0 Å². The van der Waals surface area contributed by atoms with E-state index in [4.69, 9.17) is 9.15 Å². The molecule has 27 heavy (non-hydrogen) atoms. The van der Waals surface area contributed by atoms with Crippen molar-refractivity contribution in [2.75, 3.05) is 5.94 Å². The van der Waals surface area contributed by atoms with E-state index in [0.29, 0.717) is 11.8 Å². The minimum absolute atomic E-state index is 0.0116. The normalized spacial score (nSPS) is 11.1. The molecule has 0 aliphatic rings. The second-order valence-electron chi connectivity index (χ2n) is 5.50. The maximum Gasteiger partial charge on any atom is 0.342 e. The van der Waals surface area contributed by atoms with Crippen LogP contribution in [0.3, 0.4) is 0 Å². The summed E-state index contributed by atoms with van der Waals surface area (Å²) in [7, 11) is -3.83. The third kappa shape index (κ3) is 3.75. The maximum atomic E-state index is 12.3. The molecule has 0 aliphatic carbocycles. The van der Waals surface area contributed by atoms with Crippen molar-refractivity contribution in [1.29, 1.82) is 0 Å². The fourth-order valence-corrected chi connectivity index (χ4v) is 3.44. The predicted octanol–water partition coefficient (Wildman–Crippen LogP) is 3.05. The maximum absolute atomic E-state index is 12.3. The van der Waals surface area contributed by atoms with E-state index in [9.17, 15) is 23.1 Å². The number of hydrogen-bond acceptors (Lipinski definition) is 7. The van der Waals surface area contributed by atoms with Gasteiger partial charge in [0, 0.05) is 11.1 Å². The van der Waals surface area contributed by atoms with Gasteiger partial charge in [-0.15, -0.1) is 0 Å². The van der Waals surface area contributed by atoms with Crippen molar-refractivity contribution in [3.8, 4) is 16.9 Å². The number of aldehydes is 1. The summed E-state index contributed by atoms with van der Waals surface area (Å²) < 4.78 is 34.3. The summed E-state index contributed by atoms with van der Waals surface area (Å²) in [4.78, 5) is 23.3. The number of ether oxygens (including phenoxy) is 1. The summed E-state index contributed by atoms with van der Waals surface area (Å²) in [6, 6.07) is 13.3. The van der Waals surface area contributed by atoms with Crippen LogP contribution in [0, 0.1) is 0 Å². The van der Waals surface area contributed by atoms with Crippen molar-refractivity contribution < 1.29 is 32.3 Å². The molecule has 0 saturated carbocycles. The number of benzene rings is 2. The van der Waals surface area contributed by atoms with Gasteiger partial charge in [0.05, 0.1) is 11.2 Å². The predicted molar refractivity (Wildman–Crippen MR) is 95.1 cm³/mol. The van der Waals surface area contributed by atoms with Crippen molar-refractivity contribution in [3.05, 3.63) is 72.2 Å². The van der Waals surface area contributed by atoms with Gasteiger partial charge in [0.2, 0.25) is 9.84 Å². The van der Waals surface area contributed by atoms with Crippen molar-refractivity contribution in [2.24, 2.45) is 0 Å². The Kier molecular flexibility index (Phi) is 5.09. The van der Waals surface area contributed by atoms with Gasteiger partial charge in [0.1, 0.15) is 11.3 Å². The Balaban J connectivity index is 1.84. The van der Waals surface area contributed by atoms with E-state index in [-0.39, 0.29) is 21.8 Å². The van der Waals surface area contributed by atoms with E-state index in [1.165, 1.54) is 42.7 Å². The Morgan fingerprint density at radius 3 is 2.48 bits per heavy atom. The van der Waals surface area contributed by atoms with E-state index in [1.807, 2.05) is 0 Å². The zero-order valence-corrected chi connectivity index (χ0v) is 14.7. The summed E-state index contributed by atoms with van der Waals surface area (Å²) in [5.74, 6) is -2.33. The summed E-state index contributed by atoms with van der Waals surface area (Å²) >= 11 is 0. The highest BCUT2D eigenvalue weighted by molar-refractivity contribution is 7.91. The molecule has 2 aromatic carbocycles. The number of phenols is 1. The number of phenolic OH excluding ortho intramolecular Hbond substituents is 1. The molecule has 0 unspecified atom stereocenters. The second-order valence-corrected chi connectivity index (χ2v) is 7.43. The minimum Gasteiger partial charge on any atom is -0.506 e. The van der Waals surface area contributed by atoms with Crippen molar-refractivity contribution >= 4 is 22.1 Å². The van der Waals surface area contributed by atoms with Gasteiger partial charge < -0.3 is 14.3 Å². The van der Waals surface area contributed by atoms with Gasteiger partial charge in [-0.2, -0.15) is 0 Å². The molecule has 1 N–H and O–H groups in total. The van der Waals surface area contributed by atoms with Crippen LogP contribution in [0.1, 0.15) is 20.9 Å². The average molecular weight is 386 g/mol. The standard InChI is InChI=1S/C19H14O7S/c20-11-17-14(9-10-25-17)15-7-4-8-16(18(15)21)19(22)26-12-27(23,24)13-5-2-1-3-6-13/h1-11,21H,12H2.